The molecule has 2 aliphatic rings. The van der Waals surface area contributed by atoms with E-state index in [1.807, 2.05) is 18.8 Å². The molecule has 8 heteroatoms. The molecule has 6 nitrogen and oxygen atoms in total. The summed E-state index contributed by atoms with van der Waals surface area (Å²) in [6.45, 7) is 11.0. The molecule has 0 aromatic carbocycles. The van der Waals surface area contributed by atoms with E-state index in [0.29, 0.717) is 12.1 Å². The standard InChI is InChI=1S/C19H38N4O2S.HI/c1-16(2)25-14-11-23-9-5-17(6-10-23)22-18(20-3)21-15-19(26-4)7-12-24-13-8-19;/h16-17H,5-15H2,1-4H3,(H2,20,21,22);1H. The van der Waals surface area contributed by atoms with Crippen molar-refractivity contribution in [2.45, 2.75) is 56.4 Å². The molecule has 0 aromatic heterocycles. The minimum absolute atomic E-state index is 0. The van der Waals surface area contributed by atoms with Gasteiger partial charge in [0.2, 0.25) is 0 Å². The largest absolute Gasteiger partial charge is 0.381 e. The van der Waals surface area contributed by atoms with Crippen LogP contribution in [-0.4, -0.2) is 87.1 Å². The molecule has 0 aromatic rings. The van der Waals surface area contributed by atoms with Crippen LogP contribution in [0.3, 0.4) is 0 Å². The maximum Gasteiger partial charge on any atom is 0.191 e. The van der Waals surface area contributed by atoms with Crippen LogP contribution in [0.4, 0.5) is 0 Å². The smallest absolute Gasteiger partial charge is 0.191 e. The first kappa shape index (κ1) is 25.3. The third-order valence-corrected chi connectivity index (χ3v) is 6.84. The van der Waals surface area contributed by atoms with Crippen LogP contribution < -0.4 is 10.6 Å². The summed E-state index contributed by atoms with van der Waals surface area (Å²) in [6.07, 6.45) is 7.06. The first-order chi connectivity index (χ1) is 12.6. The zero-order valence-corrected chi connectivity index (χ0v) is 20.6. The molecule has 0 amide bonds. The minimum atomic E-state index is 0. The highest BCUT2D eigenvalue weighted by Crippen LogP contribution is 2.32. The van der Waals surface area contributed by atoms with Crippen molar-refractivity contribution in [3.05, 3.63) is 0 Å². The van der Waals surface area contributed by atoms with Crippen molar-refractivity contribution in [3.8, 4) is 0 Å². The lowest BCUT2D eigenvalue weighted by Gasteiger charge is -2.37. The summed E-state index contributed by atoms with van der Waals surface area (Å²) in [7, 11) is 1.86. The van der Waals surface area contributed by atoms with E-state index < -0.39 is 0 Å². The van der Waals surface area contributed by atoms with Gasteiger partial charge in [-0.2, -0.15) is 11.8 Å². The van der Waals surface area contributed by atoms with E-state index in [1.54, 1.807) is 0 Å². The number of piperidine rings is 1. The Labute approximate surface area is 187 Å². The fourth-order valence-electron chi connectivity index (χ4n) is 3.55. The Morgan fingerprint density at radius 2 is 1.96 bits per heavy atom. The number of thioether (sulfide) groups is 1. The van der Waals surface area contributed by atoms with E-state index in [-0.39, 0.29) is 28.7 Å². The highest BCUT2D eigenvalue weighted by molar-refractivity contribution is 14.0. The number of halogens is 1. The molecule has 2 rings (SSSR count). The van der Waals surface area contributed by atoms with Gasteiger partial charge in [0.25, 0.3) is 0 Å². The number of nitrogens with zero attached hydrogens (tertiary/aromatic N) is 2. The van der Waals surface area contributed by atoms with Gasteiger partial charge in [0.05, 0.1) is 12.7 Å². The number of rotatable bonds is 8. The summed E-state index contributed by atoms with van der Waals surface area (Å²) in [6, 6.07) is 0.503. The predicted molar refractivity (Wildman–Crippen MR) is 127 cm³/mol. The first-order valence-corrected chi connectivity index (χ1v) is 11.2. The molecule has 2 N–H and O–H groups in total. The monoisotopic (exact) mass is 514 g/mol. The number of guanidine groups is 1. The summed E-state index contributed by atoms with van der Waals surface area (Å²) in [5.41, 5.74) is 0. The summed E-state index contributed by atoms with van der Waals surface area (Å²) < 4.78 is 11.5. The molecular weight excluding hydrogens is 475 g/mol. The number of likely N-dealkylation sites (tertiary alicyclic amines) is 1. The molecule has 160 valence electrons. The number of hydrogen-bond acceptors (Lipinski definition) is 5. The maximum absolute atomic E-state index is 5.67. The van der Waals surface area contributed by atoms with Crippen molar-refractivity contribution in [2.75, 3.05) is 59.3 Å². The molecular formula is C19H39IN4O2S. The van der Waals surface area contributed by atoms with Gasteiger partial charge >= 0.3 is 0 Å². The third kappa shape index (κ3) is 9.06. The van der Waals surface area contributed by atoms with E-state index in [0.717, 1.165) is 77.6 Å². The van der Waals surface area contributed by atoms with Gasteiger partial charge in [-0.3, -0.25) is 4.99 Å². The zero-order chi connectivity index (χ0) is 18.8. The Morgan fingerprint density at radius 1 is 1.30 bits per heavy atom. The fraction of sp³-hybridized carbons (Fsp3) is 0.947. The molecule has 0 saturated carbocycles. The third-order valence-electron chi connectivity index (χ3n) is 5.43. The van der Waals surface area contributed by atoms with E-state index in [4.69, 9.17) is 9.47 Å². The van der Waals surface area contributed by atoms with Crippen molar-refractivity contribution in [3.63, 3.8) is 0 Å². The van der Waals surface area contributed by atoms with Crippen molar-refractivity contribution in [1.29, 1.82) is 0 Å². The normalized spacial score (nSPS) is 21.7. The van der Waals surface area contributed by atoms with Crippen LogP contribution in [0.5, 0.6) is 0 Å². The molecule has 2 saturated heterocycles. The highest BCUT2D eigenvalue weighted by atomic mass is 127. The average molecular weight is 515 g/mol. The van der Waals surface area contributed by atoms with Crippen molar-refractivity contribution < 1.29 is 9.47 Å². The van der Waals surface area contributed by atoms with Gasteiger partial charge in [0, 0.05) is 57.2 Å². The van der Waals surface area contributed by atoms with Crippen LogP contribution in [0.1, 0.15) is 39.5 Å². The predicted octanol–water partition coefficient (Wildman–Crippen LogP) is 2.57. The summed E-state index contributed by atoms with van der Waals surface area (Å²) in [5.74, 6) is 0.937. The summed E-state index contributed by atoms with van der Waals surface area (Å²) in [5, 5.41) is 7.19. The lowest BCUT2D eigenvalue weighted by molar-refractivity contribution is 0.0532. The average Bonchev–Trinajstić information content (AvgIpc) is 2.67. The van der Waals surface area contributed by atoms with Crippen molar-refractivity contribution in [2.24, 2.45) is 4.99 Å². The molecule has 0 aliphatic carbocycles. The van der Waals surface area contributed by atoms with Gasteiger partial charge in [-0.05, 0) is 45.8 Å². The number of hydrogen-bond donors (Lipinski definition) is 2. The number of nitrogens with one attached hydrogen (secondary N) is 2. The lowest BCUT2D eigenvalue weighted by Crippen LogP contribution is -2.52. The summed E-state index contributed by atoms with van der Waals surface area (Å²) in [4.78, 5) is 6.94. The molecule has 2 aliphatic heterocycles. The number of aliphatic imine (C=N–C) groups is 1. The molecule has 2 heterocycles. The Balaban J connectivity index is 0.00000364. The van der Waals surface area contributed by atoms with Crippen LogP contribution in [-0.2, 0) is 9.47 Å². The quantitative estimate of drug-likeness (QED) is 0.295. The minimum Gasteiger partial charge on any atom is -0.381 e. The molecule has 27 heavy (non-hydrogen) atoms. The topological polar surface area (TPSA) is 58.1 Å². The molecule has 0 radical (unpaired) electrons. The Hall–Kier alpha value is 0.230. The fourth-order valence-corrected chi connectivity index (χ4v) is 4.34. The molecule has 0 unspecified atom stereocenters. The van der Waals surface area contributed by atoms with Gasteiger partial charge in [-0.1, -0.05) is 0 Å². The van der Waals surface area contributed by atoms with Gasteiger partial charge in [0.1, 0.15) is 0 Å². The zero-order valence-electron chi connectivity index (χ0n) is 17.5. The van der Waals surface area contributed by atoms with Crippen LogP contribution in [0.25, 0.3) is 0 Å². The Bertz CT molecular complexity index is 426. The molecule has 0 spiro atoms. The van der Waals surface area contributed by atoms with Gasteiger partial charge < -0.3 is 25.0 Å². The first-order valence-electron chi connectivity index (χ1n) is 10.0. The lowest BCUT2D eigenvalue weighted by atomic mass is 9.99. The second-order valence-electron chi connectivity index (χ2n) is 7.61. The SMILES string of the molecule is CN=C(NCC1(SC)CCOCC1)NC1CCN(CCOC(C)C)CC1.I. The van der Waals surface area contributed by atoms with Crippen LogP contribution in [0.15, 0.2) is 4.99 Å². The molecule has 0 bridgehead atoms. The second kappa shape index (κ2) is 13.5. The Morgan fingerprint density at radius 3 is 2.52 bits per heavy atom. The van der Waals surface area contributed by atoms with Crippen molar-refractivity contribution >= 4 is 41.7 Å². The van der Waals surface area contributed by atoms with E-state index >= 15 is 0 Å². The maximum atomic E-state index is 5.67. The highest BCUT2D eigenvalue weighted by Gasteiger charge is 2.32. The van der Waals surface area contributed by atoms with Gasteiger partial charge in [0.15, 0.2) is 5.96 Å². The summed E-state index contributed by atoms with van der Waals surface area (Å²) >= 11 is 1.96. The van der Waals surface area contributed by atoms with Crippen LogP contribution >= 0.6 is 35.7 Å². The Kier molecular flexibility index (Phi) is 12.6. The van der Waals surface area contributed by atoms with Crippen molar-refractivity contribution in [1.82, 2.24) is 15.5 Å². The van der Waals surface area contributed by atoms with E-state index in [1.165, 1.54) is 0 Å². The van der Waals surface area contributed by atoms with E-state index in [9.17, 15) is 0 Å². The molecule has 2 fully saturated rings. The number of ether oxygens (including phenoxy) is 2. The van der Waals surface area contributed by atoms with E-state index in [2.05, 4.69) is 40.6 Å². The van der Waals surface area contributed by atoms with Gasteiger partial charge in [-0.25, -0.2) is 0 Å². The van der Waals surface area contributed by atoms with Crippen LogP contribution in [0.2, 0.25) is 0 Å². The van der Waals surface area contributed by atoms with Crippen LogP contribution in [0, 0.1) is 0 Å². The van der Waals surface area contributed by atoms with Gasteiger partial charge in [-0.15, -0.1) is 24.0 Å². The molecule has 0 atom stereocenters. The second-order valence-corrected chi connectivity index (χ2v) is 8.88.